The molecule has 0 radical (unpaired) electrons. The standard InChI is InChI=1S/C45H53N11O4/c1-26-15-37(34-8-10-40(57)50-43(34)59)48-28(3)41(26)55-22-31(23-55)21-53-11-13-54(14-12-53)33-7-9-36-39(19-33)56-24-29-5-6-30(17-29)25-60-44-35(20-46-52(44)4)38-18-32(16-27(2)47-38)42(58)51-45(56)49-36/h7,9,15-16,18-20,29-31,34H,5-6,8,10-14,17,21-25H2,1-4H3,(H,49,51,58)(H,50,57,59)/t29-,30+,34?/m1/s1. The number of nitrogens with one attached hydrogen (secondary N) is 2. The zero-order chi connectivity index (χ0) is 41.2. The summed E-state index contributed by atoms with van der Waals surface area (Å²) >= 11 is 0. The number of hydrogen-bond donors (Lipinski definition) is 2. The molecule has 4 aliphatic heterocycles. The van der Waals surface area contributed by atoms with Gasteiger partial charge in [0, 0.05) is 88.7 Å². The molecule has 1 unspecified atom stereocenters. The van der Waals surface area contributed by atoms with Gasteiger partial charge in [0.15, 0.2) is 0 Å². The predicted molar refractivity (Wildman–Crippen MR) is 228 cm³/mol. The number of rotatable bonds is 5. The Labute approximate surface area is 349 Å². The number of pyridine rings is 2. The molecule has 15 nitrogen and oxygen atoms in total. The SMILES string of the molecule is Cc1cc2cc(n1)-c1cnn(C)c1OC[C@H]1CC[C@H](C1)Cn1c(nc3ccc(N4CCN(CC5CN(c6c(C)cc(C7CCC(=O)NC7=O)nc6C)C5)CC4)cc31)NC2=O. The van der Waals surface area contributed by atoms with Gasteiger partial charge in [-0.25, -0.2) is 9.67 Å². The van der Waals surface area contributed by atoms with Crippen LogP contribution in [0.4, 0.5) is 17.3 Å². The van der Waals surface area contributed by atoms with Gasteiger partial charge in [0.25, 0.3) is 5.91 Å². The first-order valence-electron chi connectivity index (χ1n) is 21.5. The van der Waals surface area contributed by atoms with Gasteiger partial charge in [-0.1, -0.05) is 0 Å². The van der Waals surface area contributed by atoms with Crippen molar-refractivity contribution in [2.24, 2.45) is 24.8 Å². The van der Waals surface area contributed by atoms with Crippen LogP contribution >= 0.6 is 0 Å². The lowest BCUT2D eigenvalue weighted by molar-refractivity contribution is -0.134. The first-order valence-corrected chi connectivity index (χ1v) is 21.5. The highest BCUT2D eigenvalue weighted by Crippen LogP contribution is 2.38. The topological polar surface area (TPSA) is 156 Å². The van der Waals surface area contributed by atoms with Gasteiger partial charge in [0.05, 0.1) is 58.1 Å². The number of piperidine rings is 1. The van der Waals surface area contributed by atoms with Crippen LogP contribution in [-0.2, 0) is 23.2 Å². The maximum Gasteiger partial charge on any atom is 0.258 e. The van der Waals surface area contributed by atoms with Crippen molar-refractivity contribution in [3.05, 3.63) is 70.8 Å². The molecule has 4 bridgehead atoms. The molecule has 312 valence electrons. The summed E-state index contributed by atoms with van der Waals surface area (Å²) < 4.78 is 10.4. The van der Waals surface area contributed by atoms with Gasteiger partial charge in [0.2, 0.25) is 23.6 Å². The molecule has 15 heteroatoms. The predicted octanol–water partition coefficient (Wildman–Crippen LogP) is 4.99. The van der Waals surface area contributed by atoms with Crippen LogP contribution in [-0.4, -0.2) is 104 Å². The third-order valence-corrected chi connectivity index (χ3v) is 13.4. The Balaban J connectivity index is 0.814. The van der Waals surface area contributed by atoms with Crippen molar-refractivity contribution in [1.29, 1.82) is 0 Å². The third-order valence-electron chi connectivity index (χ3n) is 13.4. The number of nitrogens with zero attached hydrogens (tertiary/aromatic N) is 9. The normalized spacial score (nSPS) is 22.7. The van der Waals surface area contributed by atoms with Gasteiger partial charge in [-0.15, -0.1) is 0 Å². The maximum atomic E-state index is 14.0. The van der Waals surface area contributed by atoms with Crippen LogP contribution in [0, 0.1) is 38.5 Å². The van der Waals surface area contributed by atoms with Crippen molar-refractivity contribution >= 4 is 46.1 Å². The molecule has 1 aliphatic carbocycles. The van der Waals surface area contributed by atoms with Gasteiger partial charge >= 0.3 is 0 Å². The third kappa shape index (κ3) is 7.26. The molecule has 4 aromatic heterocycles. The number of benzene rings is 1. The van der Waals surface area contributed by atoms with Crippen LogP contribution in [0.25, 0.3) is 22.3 Å². The molecule has 3 atom stereocenters. The summed E-state index contributed by atoms with van der Waals surface area (Å²) in [5, 5.41) is 10.1. The number of piperazine rings is 1. The number of amides is 3. The van der Waals surface area contributed by atoms with Crippen LogP contribution in [0.2, 0.25) is 0 Å². The maximum absolute atomic E-state index is 14.0. The van der Waals surface area contributed by atoms with Crippen LogP contribution in [0.15, 0.2) is 42.6 Å². The summed E-state index contributed by atoms with van der Waals surface area (Å²) in [4.78, 5) is 60.2. The van der Waals surface area contributed by atoms with Crippen molar-refractivity contribution in [2.45, 2.75) is 65.3 Å². The second-order valence-corrected chi connectivity index (χ2v) is 17.8. The Bertz CT molecular complexity index is 2490. The zero-order valence-corrected chi connectivity index (χ0v) is 34.9. The molecule has 5 aromatic rings. The lowest BCUT2D eigenvalue weighted by Gasteiger charge is -2.46. The molecule has 3 saturated heterocycles. The number of anilines is 3. The Kier molecular flexibility index (Phi) is 9.80. The van der Waals surface area contributed by atoms with E-state index in [1.165, 1.54) is 11.4 Å². The highest BCUT2D eigenvalue weighted by atomic mass is 16.5. The van der Waals surface area contributed by atoms with Crippen LogP contribution in [0.3, 0.4) is 0 Å². The molecule has 5 aliphatic rings. The minimum atomic E-state index is -0.371. The van der Waals surface area contributed by atoms with Crippen molar-refractivity contribution in [3.63, 3.8) is 0 Å². The van der Waals surface area contributed by atoms with E-state index < -0.39 is 0 Å². The average Bonchev–Trinajstić information content (AvgIpc) is 3.91. The summed E-state index contributed by atoms with van der Waals surface area (Å²) in [6.07, 6.45) is 5.84. The van der Waals surface area contributed by atoms with Gasteiger partial charge in [-0.3, -0.25) is 39.9 Å². The number of aryl methyl sites for hydroxylation is 4. The molecular formula is C45H53N11O4. The summed E-state index contributed by atoms with van der Waals surface area (Å²) in [5.74, 6) is 1.65. The first-order chi connectivity index (χ1) is 29.0. The van der Waals surface area contributed by atoms with Gasteiger partial charge in [-0.05, 0) is 100 Å². The number of aromatic nitrogens is 6. The second-order valence-electron chi connectivity index (χ2n) is 17.8. The van der Waals surface area contributed by atoms with Crippen LogP contribution in [0.5, 0.6) is 5.88 Å². The van der Waals surface area contributed by atoms with Gasteiger partial charge in [0.1, 0.15) is 0 Å². The summed E-state index contributed by atoms with van der Waals surface area (Å²) in [6.45, 7) is 14.3. The molecule has 2 N–H and O–H groups in total. The Morgan fingerprint density at radius 1 is 0.850 bits per heavy atom. The Hall–Kier alpha value is -5.83. The van der Waals surface area contributed by atoms with E-state index in [1.54, 1.807) is 10.9 Å². The smallest absolute Gasteiger partial charge is 0.258 e. The fraction of sp³-hybridized carbons (Fsp3) is 0.489. The van der Waals surface area contributed by atoms with Crippen molar-refractivity contribution in [1.82, 2.24) is 39.5 Å². The van der Waals surface area contributed by atoms with Crippen LogP contribution in [0.1, 0.15) is 71.0 Å². The number of carbonyl (C=O) groups excluding carboxylic acids is 3. The number of imide groups is 1. The molecule has 1 aromatic carbocycles. The quantitative estimate of drug-likeness (QED) is 0.231. The minimum Gasteiger partial charge on any atom is -0.477 e. The molecule has 60 heavy (non-hydrogen) atoms. The van der Waals surface area contributed by atoms with E-state index in [4.69, 9.17) is 19.7 Å². The van der Waals surface area contributed by atoms with Crippen molar-refractivity contribution < 1.29 is 19.1 Å². The van der Waals surface area contributed by atoms with E-state index >= 15 is 0 Å². The highest BCUT2D eigenvalue weighted by Gasteiger charge is 2.35. The number of imidazole rings is 1. The van der Waals surface area contributed by atoms with Gasteiger partial charge < -0.3 is 19.1 Å². The fourth-order valence-corrected chi connectivity index (χ4v) is 10.3. The zero-order valence-electron chi connectivity index (χ0n) is 34.9. The largest absolute Gasteiger partial charge is 0.477 e. The molecule has 8 heterocycles. The molecule has 4 fully saturated rings. The van der Waals surface area contributed by atoms with Crippen molar-refractivity contribution in [3.8, 4) is 17.1 Å². The van der Waals surface area contributed by atoms with E-state index in [2.05, 4.69) is 60.1 Å². The summed E-state index contributed by atoms with van der Waals surface area (Å²) in [6, 6.07) is 12.2. The van der Waals surface area contributed by atoms with Crippen LogP contribution < -0.4 is 25.2 Å². The number of fused-ring (bicyclic) bond motifs is 9. The number of carbonyl (C=O) groups is 3. The number of ether oxygens (including phenoxy) is 1. The lowest BCUT2D eigenvalue weighted by atomic mass is 9.92. The van der Waals surface area contributed by atoms with Crippen molar-refractivity contribution in [2.75, 3.05) is 67.5 Å². The Morgan fingerprint density at radius 2 is 1.67 bits per heavy atom. The second kappa shape index (κ2) is 15.3. The first kappa shape index (κ1) is 38.4. The monoisotopic (exact) mass is 811 g/mol. The van der Waals surface area contributed by atoms with E-state index in [0.29, 0.717) is 60.3 Å². The molecule has 3 amide bonds. The lowest BCUT2D eigenvalue weighted by Crippen LogP contribution is -2.55. The highest BCUT2D eigenvalue weighted by molar-refractivity contribution is 6.05. The molecule has 10 rings (SSSR count). The van der Waals surface area contributed by atoms with E-state index in [1.807, 2.05) is 39.1 Å². The number of hydrogen-bond acceptors (Lipinski definition) is 11. The van der Waals surface area contributed by atoms with E-state index in [-0.39, 0.29) is 23.6 Å². The average molecular weight is 812 g/mol. The summed E-state index contributed by atoms with van der Waals surface area (Å²) in [7, 11) is 1.88. The summed E-state index contributed by atoms with van der Waals surface area (Å²) in [5.41, 5.74) is 9.79. The van der Waals surface area contributed by atoms with Gasteiger partial charge in [-0.2, -0.15) is 5.10 Å². The Morgan fingerprint density at radius 3 is 2.47 bits per heavy atom. The minimum absolute atomic E-state index is 0.205. The fourth-order valence-electron chi connectivity index (χ4n) is 10.3. The molecular weight excluding hydrogens is 759 g/mol. The van der Waals surface area contributed by atoms with E-state index in [0.717, 1.165) is 111 Å². The molecule has 1 saturated carbocycles. The molecule has 0 spiro atoms. The van der Waals surface area contributed by atoms with E-state index in [9.17, 15) is 14.4 Å².